The monoisotopic (exact) mass is 355 g/mol. The molecule has 1 atom stereocenters. The lowest BCUT2D eigenvalue weighted by Crippen LogP contribution is -2.43. The number of fused-ring (bicyclic) bond motifs is 1. The number of pyridine rings is 1. The number of anilines is 1. The van der Waals surface area contributed by atoms with E-state index in [1.807, 2.05) is 6.07 Å². The lowest BCUT2D eigenvalue weighted by molar-refractivity contribution is 0.191. The average Bonchev–Trinajstić information content (AvgIpc) is 3.13. The number of urea groups is 1. The number of H-pyrrole nitrogens is 1. The van der Waals surface area contributed by atoms with Gasteiger partial charge < -0.3 is 15.2 Å². The number of hydrogen-bond acceptors (Lipinski definition) is 3. The molecular weight excluding hydrogens is 340 g/mol. The molecule has 1 aliphatic heterocycles. The highest BCUT2D eigenvalue weighted by Gasteiger charge is 2.35. The number of nitrogens with one attached hydrogen (secondary N) is 2. The summed E-state index contributed by atoms with van der Waals surface area (Å²) < 4.78 is 27.8. The van der Waals surface area contributed by atoms with Crippen molar-refractivity contribution in [3.63, 3.8) is 0 Å². The van der Waals surface area contributed by atoms with Gasteiger partial charge in [0, 0.05) is 24.9 Å². The maximum atomic E-state index is 13.9. The van der Waals surface area contributed by atoms with Crippen LogP contribution in [0, 0.1) is 11.6 Å². The molecule has 0 fully saturated rings. The standard InChI is InChI=1S/C18H15F2N5O/c19-11-4-3-5-12(20)15(11)24-18(26)25-9-7-13-16(23-10-22-13)17(25)14-6-1-2-8-21-14/h1-6,8,10,17H,7,9H2,(H,22,23)(H,24,26). The molecule has 2 aromatic heterocycles. The maximum Gasteiger partial charge on any atom is 0.322 e. The van der Waals surface area contributed by atoms with Crippen molar-refractivity contribution in [1.29, 1.82) is 0 Å². The van der Waals surface area contributed by atoms with Gasteiger partial charge in [-0.3, -0.25) is 4.98 Å². The number of carbonyl (C=O) groups excluding carboxylic acids is 1. The Hall–Kier alpha value is -3.29. The molecule has 0 saturated carbocycles. The predicted molar refractivity (Wildman–Crippen MR) is 90.5 cm³/mol. The molecule has 6 nitrogen and oxygen atoms in total. The minimum absolute atomic E-state index is 0.359. The lowest BCUT2D eigenvalue weighted by atomic mass is 10.00. The number of amides is 2. The predicted octanol–water partition coefficient (Wildman–Crippen LogP) is 3.26. The maximum absolute atomic E-state index is 13.9. The van der Waals surface area contributed by atoms with Gasteiger partial charge in [0.05, 0.1) is 17.7 Å². The van der Waals surface area contributed by atoms with Gasteiger partial charge in [0.2, 0.25) is 0 Å². The summed E-state index contributed by atoms with van der Waals surface area (Å²) in [6.07, 6.45) is 3.76. The Kier molecular flexibility index (Phi) is 4.08. The first-order chi connectivity index (χ1) is 12.6. The first kappa shape index (κ1) is 16.2. The Labute approximate surface area is 147 Å². The minimum Gasteiger partial charge on any atom is -0.348 e. The highest BCUT2D eigenvalue weighted by molar-refractivity contribution is 5.90. The largest absolute Gasteiger partial charge is 0.348 e. The van der Waals surface area contributed by atoms with Crippen molar-refractivity contribution in [2.24, 2.45) is 0 Å². The topological polar surface area (TPSA) is 73.9 Å². The van der Waals surface area contributed by atoms with Crippen LogP contribution in [0.15, 0.2) is 48.9 Å². The average molecular weight is 355 g/mol. The highest BCUT2D eigenvalue weighted by Crippen LogP contribution is 2.33. The highest BCUT2D eigenvalue weighted by atomic mass is 19.1. The number of imidazole rings is 1. The third kappa shape index (κ3) is 2.79. The zero-order valence-corrected chi connectivity index (χ0v) is 13.6. The van der Waals surface area contributed by atoms with E-state index in [-0.39, 0.29) is 0 Å². The van der Waals surface area contributed by atoms with E-state index in [0.717, 1.165) is 17.8 Å². The molecule has 0 aliphatic carbocycles. The van der Waals surface area contributed by atoms with E-state index >= 15 is 0 Å². The molecule has 3 heterocycles. The van der Waals surface area contributed by atoms with E-state index in [2.05, 4.69) is 20.3 Å². The fourth-order valence-electron chi connectivity index (χ4n) is 3.13. The second-order valence-electron chi connectivity index (χ2n) is 5.89. The molecule has 1 aromatic carbocycles. The van der Waals surface area contributed by atoms with Crippen LogP contribution in [0.2, 0.25) is 0 Å². The Morgan fingerprint density at radius 2 is 1.96 bits per heavy atom. The van der Waals surface area contributed by atoms with Crippen molar-refractivity contribution in [2.45, 2.75) is 12.5 Å². The summed E-state index contributed by atoms with van der Waals surface area (Å²) in [7, 11) is 0. The third-order valence-corrected chi connectivity index (χ3v) is 4.35. The summed E-state index contributed by atoms with van der Waals surface area (Å²) in [6, 6.07) is 7.66. The zero-order valence-electron chi connectivity index (χ0n) is 13.6. The van der Waals surface area contributed by atoms with Crippen molar-refractivity contribution >= 4 is 11.7 Å². The van der Waals surface area contributed by atoms with Gasteiger partial charge >= 0.3 is 6.03 Å². The quantitative estimate of drug-likeness (QED) is 0.741. The molecule has 1 aliphatic rings. The molecule has 8 heteroatoms. The van der Waals surface area contributed by atoms with E-state index in [4.69, 9.17) is 0 Å². The fourth-order valence-corrected chi connectivity index (χ4v) is 3.13. The van der Waals surface area contributed by atoms with E-state index in [1.54, 1.807) is 24.7 Å². The summed E-state index contributed by atoms with van der Waals surface area (Å²) in [5.41, 5.74) is 1.76. The van der Waals surface area contributed by atoms with Gasteiger partial charge in [0.25, 0.3) is 0 Å². The second-order valence-corrected chi connectivity index (χ2v) is 5.89. The molecule has 132 valence electrons. The smallest absolute Gasteiger partial charge is 0.322 e. The fraction of sp³-hybridized carbons (Fsp3) is 0.167. The molecule has 0 bridgehead atoms. The van der Waals surface area contributed by atoms with Crippen molar-refractivity contribution in [1.82, 2.24) is 19.9 Å². The SMILES string of the molecule is O=C(Nc1c(F)cccc1F)N1CCc2[nH]cnc2C1c1ccccn1. The number of aromatic amines is 1. The van der Waals surface area contributed by atoms with E-state index in [1.165, 1.54) is 11.0 Å². The molecule has 1 unspecified atom stereocenters. The summed E-state index contributed by atoms with van der Waals surface area (Å²) in [5.74, 6) is -1.66. The normalized spacial score (nSPS) is 16.2. The number of carbonyl (C=O) groups is 1. The first-order valence-electron chi connectivity index (χ1n) is 8.10. The third-order valence-electron chi connectivity index (χ3n) is 4.35. The first-order valence-corrected chi connectivity index (χ1v) is 8.10. The van der Waals surface area contributed by atoms with Crippen molar-refractivity contribution < 1.29 is 13.6 Å². The summed E-state index contributed by atoms with van der Waals surface area (Å²) in [6.45, 7) is 0.359. The number of benzene rings is 1. The number of para-hydroxylation sites is 1. The number of nitrogens with zero attached hydrogens (tertiary/aromatic N) is 3. The van der Waals surface area contributed by atoms with Crippen LogP contribution in [0.5, 0.6) is 0 Å². The van der Waals surface area contributed by atoms with Crippen molar-refractivity contribution in [2.75, 3.05) is 11.9 Å². The van der Waals surface area contributed by atoms with Gasteiger partial charge in [-0.2, -0.15) is 0 Å². The Bertz CT molecular complexity index is 924. The van der Waals surface area contributed by atoms with E-state index in [9.17, 15) is 13.6 Å². The van der Waals surface area contributed by atoms with Crippen molar-refractivity contribution in [3.8, 4) is 0 Å². The molecular formula is C18H15F2N5O. The van der Waals surface area contributed by atoms with Crippen molar-refractivity contribution in [3.05, 3.63) is 77.6 Å². The molecule has 26 heavy (non-hydrogen) atoms. The summed E-state index contributed by atoms with van der Waals surface area (Å²) in [4.78, 5) is 26.0. The molecule has 0 spiro atoms. The number of hydrogen-bond donors (Lipinski definition) is 2. The van der Waals surface area contributed by atoms with E-state index in [0.29, 0.717) is 24.4 Å². The van der Waals surface area contributed by atoms with Gasteiger partial charge in [0.1, 0.15) is 23.4 Å². The Morgan fingerprint density at radius 3 is 2.69 bits per heavy atom. The molecule has 3 aromatic rings. The van der Waals surface area contributed by atoms with Gasteiger partial charge in [0.15, 0.2) is 0 Å². The Balaban J connectivity index is 1.69. The number of rotatable bonds is 2. The van der Waals surface area contributed by atoms with Crippen LogP contribution in [0.25, 0.3) is 0 Å². The van der Waals surface area contributed by atoms with E-state index < -0.39 is 29.4 Å². The van der Waals surface area contributed by atoms with Crippen LogP contribution < -0.4 is 5.32 Å². The number of aromatic nitrogens is 3. The molecule has 2 amide bonds. The van der Waals surface area contributed by atoms with Gasteiger partial charge in [-0.15, -0.1) is 0 Å². The molecule has 0 radical (unpaired) electrons. The van der Waals surface area contributed by atoms with Crippen LogP contribution >= 0.6 is 0 Å². The van der Waals surface area contributed by atoms with Crippen LogP contribution in [0.1, 0.15) is 23.1 Å². The van der Waals surface area contributed by atoms with Gasteiger partial charge in [-0.05, 0) is 24.3 Å². The van der Waals surface area contributed by atoms with Crippen LogP contribution in [0.3, 0.4) is 0 Å². The summed E-state index contributed by atoms with van der Waals surface area (Å²) >= 11 is 0. The minimum atomic E-state index is -0.829. The van der Waals surface area contributed by atoms with Gasteiger partial charge in [-0.25, -0.2) is 18.6 Å². The zero-order chi connectivity index (χ0) is 18.1. The molecule has 0 saturated heterocycles. The van der Waals surface area contributed by atoms with Crippen LogP contribution in [-0.2, 0) is 6.42 Å². The molecule has 2 N–H and O–H groups in total. The lowest BCUT2D eigenvalue weighted by Gasteiger charge is -2.34. The Morgan fingerprint density at radius 1 is 1.15 bits per heavy atom. The van der Waals surface area contributed by atoms with Gasteiger partial charge in [-0.1, -0.05) is 12.1 Å². The van der Waals surface area contributed by atoms with Crippen LogP contribution in [-0.4, -0.2) is 32.4 Å². The number of halogens is 2. The summed E-state index contributed by atoms with van der Waals surface area (Å²) in [5, 5.41) is 2.34. The molecule has 4 rings (SSSR count). The second kappa shape index (κ2) is 6.55. The van der Waals surface area contributed by atoms with Crippen LogP contribution in [0.4, 0.5) is 19.3 Å².